The first-order chi connectivity index (χ1) is 11.7. The van der Waals surface area contributed by atoms with Gasteiger partial charge in [0.2, 0.25) is 0 Å². The summed E-state index contributed by atoms with van der Waals surface area (Å²) < 4.78 is 1.75. The van der Waals surface area contributed by atoms with Gasteiger partial charge in [0.15, 0.2) is 0 Å². The number of amides is 2. The number of anilines is 1. The lowest BCUT2D eigenvalue weighted by Gasteiger charge is -2.30. The van der Waals surface area contributed by atoms with E-state index >= 15 is 0 Å². The first-order valence-corrected chi connectivity index (χ1v) is 9.55. The van der Waals surface area contributed by atoms with Crippen molar-refractivity contribution in [2.45, 2.75) is 43.5 Å². The Morgan fingerprint density at radius 2 is 2.25 bits per heavy atom. The molecule has 1 aliphatic carbocycles. The van der Waals surface area contributed by atoms with Crippen LogP contribution in [0.1, 0.15) is 31.2 Å². The largest absolute Gasteiger partial charge is 0.334 e. The first kappa shape index (κ1) is 16.8. The molecule has 0 radical (unpaired) electrons. The molecule has 2 N–H and O–H groups in total. The number of carbonyl (C=O) groups excluding carboxylic acids is 1. The van der Waals surface area contributed by atoms with Crippen molar-refractivity contribution in [1.82, 2.24) is 20.1 Å². The van der Waals surface area contributed by atoms with Crippen LogP contribution in [0, 0.1) is 0 Å². The average molecular weight is 345 g/mol. The molecule has 1 aliphatic rings. The number of benzene rings is 1. The molecule has 0 saturated heterocycles. The molecule has 24 heavy (non-hydrogen) atoms. The highest BCUT2D eigenvalue weighted by Crippen LogP contribution is 2.27. The minimum Gasteiger partial charge on any atom is -0.334 e. The highest BCUT2D eigenvalue weighted by atomic mass is 32.2. The van der Waals surface area contributed by atoms with E-state index in [4.69, 9.17) is 0 Å². The molecular weight excluding hydrogens is 322 g/mol. The van der Waals surface area contributed by atoms with Gasteiger partial charge in [0.25, 0.3) is 0 Å². The molecule has 2 atom stereocenters. The Hall–Kier alpha value is -2.02. The smallest absolute Gasteiger partial charge is 0.319 e. The van der Waals surface area contributed by atoms with Crippen LogP contribution in [0.3, 0.4) is 0 Å². The summed E-state index contributed by atoms with van der Waals surface area (Å²) in [7, 11) is 0. The predicted octanol–water partition coefficient (Wildman–Crippen LogP) is 3.12. The van der Waals surface area contributed by atoms with Crippen molar-refractivity contribution in [3.05, 3.63) is 42.5 Å². The zero-order valence-electron chi connectivity index (χ0n) is 13.8. The van der Waals surface area contributed by atoms with E-state index in [1.807, 2.05) is 36.0 Å². The number of thioether (sulfide) groups is 1. The molecule has 2 aromatic rings. The SMILES string of the molecule is CS[C@H]1CCCC[C@H]1NC(=O)Nc1cccc(Cn2cncn2)c1. The fourth-order valence-electron chi connectivity index (χ4n) is 3.13. The van der Waals surface area contributed by atoms with Crippen molar-refractivity contribution in [3.63, 3.8) is 0 Å². The molecule has 7 heteroatoms. The molecule has 3 rings (SSSR count). The van der Waals surface area contributed by atoms with Gasteiger partial charge in [-0.2, -0.15) is 16.9 Å². The third-order valence-electron chi connectivity index (χ3n) is 4.32. The molecule has 0 unspecified atom stereocenters. The van der Waals surface area contributed by atoms with Gasteiger partial charge in [-0.25, -0.2) is 14.5 Å². The number of carbonyl (C=O) groups is 1. The Balaban J connectivity index is 1.57. The summed E-state index contributed by atoms with van der Waals surface area (Å²) in [6.45, 7) is 0.633. The van der Waals surface area contributed by atoms with Crippen LogP contribution in [0.15, 0.2) is 36.9 Å². The zero-order chi connectivity index (χ0) is 16.8. The van der Waals surface area contributed by atoms with Gasteiger partial charge < -0.3 is 10.6 Å². The maximum atomic E-state index is 12.3. The number of urea groups is 1. The number of rotatable bonds is 5. The van der Waals surface area contributed by atoms with Crippen molar-refractivity contribution < 1.29 is 4.79 Å². The molecule has 128 valence electrons. The van der Waals surface area contributed by atoms with Crippen molar-refractivity contribution in [1.29, 1.82) is 0 Å². The van der Waals surface area contributed by atoms with Gasteiger partial charge in [0.1, 0.15) is 12.7 Å². The lowest BCUT2D eigenvalue weighted by atomic mass is 9.95. The number of aromatic nitrogens is 3. The second-order valence-electron chi connectivity index (χ2n) is 6.06. The van der Waals surface area contributed by atoms with E-state index in [1.54, 1.807) is 11.0 Å². The second-order valence-corrected chi connectivity index (χ2v) is 7.13. The molecule has 2 amide bonds. The molecule has 1 aromatic carbocycles. The average Bonchev–Trinajstić information content (AvgIpc) is 3.08. The maximum absolute atomic E-state index is 12.3. The highest BCUT2D eigenvalue weighted by Gasteiger charge is 2.25. The Morgan fingerprint density at radius 3 is 3.04 bits per heavy atom. The molecule has 1 heterocycles. The number of nitrogens with zero attached hydrogens (tertiary/aromatic N) is 3. The van der Waals surface area contributed by atoms with Gasteiger partial charge in [0, 0.05) is 17.0 Å². The molecule has 0 bridgehead atoms. The van der Waals surface area contributed by atoms with Crippen LogP contribution in [0.4, 0.5) is 10.5 Å². The van der Waals surface area contributed by atoms with Crippen LogP contribution < -0.4 is 10.6 Å². The monoisotopic (exact) mass is 345 g/mol. The fraction of sp³-hybridized carbons (Fsp3) is 0.471. The van der Waals surface area contributed by atoms with Crippen LogP contribution in [-0.2, 0) is 6.54 Å². The summed E-state index contributed by atoms with van der Waals surface area (Å²) in [5, 5.41) is 10.7. The van der Waals surface area contributed by atoms with Crippen LogP contribution in [0.25, 0.3) is 0 Å². The van der Waals surface area contributed by atoms with Crippen molar-refractivity contribution in [3.8, 4) is 0 Å². The van der Waals surface area contributed by atoms with E-state index in [1.165, 1.54) is 25.6 Å². The zero-order valence-corrected chi connectivity index (χ0v) is 14.6. The summed E-state index contributed by atoms with van der Waals surface area (Å²) in [5.41, 5.74) is 1.86. The van der Waals surface area contributed by atoms with Gasteiger partial charge in [-0.1, -0.05) is 25.0 Å². The minimum atomic E-state index is -0.126. The predicted molar refractivity (Wildman–Crippen MR) is 97.3 cm³/mol. The Bertz CT molecular complexity index is 661. The maximum Gasteiger partial charge on any atom is 0.319 e. The van der Waals surface area contributed by atoms with E-state index in [0.29, 0.717) is 11.8 Å². The molecule has 1 aromatic heterocycles. The van der Waals surface area contributed by atoms with Crippen molar-refractivity contribution in [2.75, 3.05) is 11.6 Å². The molecular formula is C17H23N5OS. The normalized spacial score (nSPS) is 20.5. The van der Waals surface area contributed by atoms with Crippen LogP contribution in [0.5, 0.6) is 0 Å². The topological polar surface area (TPSA) is 71.8 Å². The molecule has 0 aliphatic heterocycles. The van der Waals surface area contributed by atoms with Crippen LogP contribution in [0.2, 0.25) is 0 Å². The van der Waals surface area contributed by atoms with Gasteiger partial charge in [-0.3, -0.25) is 0 Å². The summed E-state index contributed by atoms with van der Waals surface area (Å²) in [5.74, 6) is 0. The standard InChI is InChI=1S/C17H23N5OS/c1-24-16-8-3-2-7-15(16)21-17(23)20-14-6-4-5-13(9-14)10-22-12-18-11-19-22/h4-6,9,11-12,15-16H,2-3,7-8,10H2,1H3,(H2,20,21,23)/t15-,16+/m1/s1. The Morgan fingerprint density at radius 1 is 1.38 bits per heavy atom. The van der Waals surface area contributed by atoms with Gasteiger partial charge in [-0.05, 0) is 36.8 Å². The Kier molecular flexibility index (Phi) is 5.74. The molecule has 6 nitrogen and oxygen atoms in total. The minimum absolute atomic E-state index is 0.126. The number of nitrogens with one attached hydrogen (secondary N) is 2. The first-order valence-electron chi connectivity index (χ1n) is 8.26. The summed E-state index contributed by atoms with van der Waals surface area (Å²) in [4.78, 5) is 16.3. The summed E-state index contributed by atoms with van der Waals surface area (Å²) in [6.07, 6.45) is 10.0. The second kappa shape index (κ2) is 8.19. The quantitative estimate of drug-likeness (QED) is 0.873. The third-order valence-corrected chi connectivity index (χ3v) is 5.49. The molecule has 1 fully saturated rings. The van der Waals surface area contributed by atoms with E-state index < -0.39 is 0 Å². The van der Waals surface area contributed by atoms with E-state index in [0.717, 1.165) is 17.7 Å². The Labute approximate surface area is 146 Å². The van der Waals surface area contributed by atoms with Gasteiger partial charge in [-0.15, -0.1) is 0 Å². The van der Waals surface area contributed by atoms with Crippen molar-refractivity contribution in [2.24, 2.45) is 0 Å². The van der Waals surface area contributed by atoms with Gasteiger partial charge in [0.05, 0.1) is 6.54 Å². The summed E-state index contributed by atoms with van der Waals surface area (Å²) in [6, 6.07) is 7.94. The number of hydrogen-bond acceptors (Lipinski definition) is 4. The molecule has 0 spiro atoms. The van der Waals surface area contributed by atoms with E-state index in [-0.39, 0.29) is 12.1 Å². The van der Waals surface area contributed by atoms with E-state index in [2.05, 4.69) is 27.0 Å². The fourth-order valence-corrected chi connectivity index (χ4v) is 4.06. The van der Waals surface area contributed by atoms with Crippen molar-refractivity contribution >= 4 is 23.5 Å². The number of hydrogen-bond donors (Lipinski definition) is 2. The highest BCUT2D eigenvalue weighted by molar-refractivity contribution is 7.99. The molecule has 1 saturated carbocycles. The lowest BCUT2D eigenvalue weighted by molar-refractivity contribution is 0.245. The van der Waals surface area contributed by atoms with Gasteiger partial charge >= 0.3 is 6.03 Å². The van der Waals surface area contributed by atoms with Crippen LogP contribution >= 0.6 is 11.8 Å². The third kappa shape index (κ3) is 4.50. The lowest BCUT2D eigenvalue weighted by Crippen LogP contribution is -2.45. The summed E-state index contributed by atoms with van der Waals surface area (Å²) >= 11 is 1.85. The van der Waals surface area contributed by atoms with E-state index in [9.17, 15) is 4.79 Å². The van der Waals surface area contributed by atoms with Crippen LogP contribution in [-0.4, -0.2) is 38.3 Å².